The van der Waals surface area contributed by atoms with Gasteiger partial charge in [-0.2, -0.15) is 0 Å². The van der Waals surface area contributed by atoms with Gasteiger partial charge in [0.25, 0.3) is 0 Å². The summed E-state index contributed by atoms with van der Waals surface area (Å²) in [7, 11) is 0. The van der Waals surface area contributed by atoms with E-state index in [1.807, 2.05) is 48.6 Å². The minimum absolute atomic E-state index is 0.0728. The number of nitrogens with zero attached hydrogens (tertiary/aromatic N) is 2. The van der Waals surface area contributed by atoms with Crippen LogP contribution in [0, 0.1) is 0 Å². The van der Waals surface area contributed by atoms with Crippen LogP contribution in [0.5, 0.6) is 0 Å². The molecule has 3 heteroatoms. The Morgan fingerprint density at radius 1 is 0.727 bits per heavy atom. The van der Waals surface area contributed by atoms with Crippen LogP contribution in [0.2, 0.25) is 0 Å². The van der Waals surface area contributed by atoms with Gasteiger partial charge in [-0.25, -0.2) is 0 Å². The Labute approximate surface area is 130 Å². The molecule has 0 spiro atoms. The summed E-state index contributed by atoms with van der Waals surface area (Å²) in [5.41, 5.74) is 1.71. The number of aromatic nitrogens is 2. The lowest BCUT2D eigenvalue weighted by molar-refractivity contribution is -0.110. The highest BCUT2D eigenvalue weighted by atomic mass is 16.1. The van der Waals surface area contributed by atoms with Crippen molar-refractivity contribution in [1.29, 1.82) is 0 Å². The molecular weight excluding hydrogens is 272 g/mol. The molecule has 0 amide bonds. The smallest absolute Gasteiger partial charge is 0.178 e. The van der Waals surface area contributed by atoms with Crippen molar-refractivity contribution in [3.8, 4) is 0 Å². The molecule has 0 saturated heterocycles. The molecule has 108 valence electrons. The number of carbonyl (C=O) groups is 1. The van der Waals surface area contributed by atoms with Crippen molar-refractivity contribution in [1.82, 2.24) is 9.97 Å². The summed E-state index contributed by atoms with van der Waals surface area (Å²) in [6.45, 7) is 0. The number of hydrogen-bond acceptors (Lipinski definition) is 3. The van der Waals surface area contributed by atoms with Crippen molar-refractivity contribution in [3.63, 3.8) is 0 Å². The molecule has 0 bridgehead atoms. The van der Waals surface area contributed by atoms with Crippen molar-refractivity contribution < 1.29 is 4.79 Å². The second-order valence-corrected chi connectivity index (χ2v) is 4.35. The third-order valence-electron chi connectivity index (χ3n) is 2.65. The van der Waals surface area contributed by atoms with Crippen LogP contribution in [0.25, 0.3) is 12.2 Å². The summed E-state index contributed by atoms with van der Waals surface area (Å²) in [5, 5.41) is 0. The number of pyridine rings is 2. The maximum Gasteiger partial charge on any atom is 0.178 e. The summed E-state index contributed by atoms with van der Waals surface area (Å²) in [4.78, 5) is 19.9. The van der Waals surface area contributed by atoms with E-state index in [4.69, 9.17) is 0 Å². The maximum absolute atomic E-state index is 11.6. The van der Waals surface area contributed by atoms with Gasteiger partial charge in [-0.1, -0.05) is 36.4 Å². The number of ketones is 1. The van der Waals surface area contributed by atoms with Crippen molar-refractivity contribution in [2.75, 3.05) is 0 Å². The van der Waals surface area contributed by atoms with Gasteiger partial charge in [-0.15, -0.1) is 0 Å². The van der Waals surface area contributed by atoms with Crippen LogP contribution in [-0.4, -0.2) is 15.8 Å². The molecule has 2 rings (SSSR count). The van der Waals surface area contributed by atoms with Crippen LogP contribution in [-0.2, 0) is 4.79 Å². The van der Waals surface area contributed by atoms with Crippen LogP contribution in [0.15, 0.2) is 85.2 Å². The van der Waals surface area contributed by atoms with Crippen molar-refractivity contribution in [2.45, 2.75) is 0 Å². The van der Waals surface area contributed by atoms with E-state index in [1.54, 1.807) is 36.7 Å². The topological polar surface area (TPSA) is 42.9 Å². The van der Waals surface area contributed by atoms with Crippen molar-refractivity contribution in [3.05, 3.63) is 96.6 Å². The molecule has 2 aromatic rings. The van der Waals surface area contributed by atoms with Crippen LogP contribution >= 0.6 is 0 Å². The van der Waals surface area contributed by atoms with Gasteiger partial charge >= 0.3 is 0 Å². The third-order valence-corrected chi connectivity index (χ3v) is 2.65. The summed E-state index contributed by atoms with van der Waals surface area (Å²) in [5.74, 6) is -0.0728. The highest BCUT2D eigenvalue weighted by Gasteiger charge is 1.86. The van der Waals surface area contributed by atoms with Crippen LogP contribution < -0.4 is 0 Å². The first kappa shape index (κ1) is 15.3. The molecule has 2 heterocycles. The van der Waals surface area contributed by atoms with Gasteiger partial charge in [0, 0.05) is 12.4 Å². The van der Waals surface area contributed by atoms with E-state index in [2.05, 4.69) is 9.97 Å². The van der Waals surface area contributed by atoms with Gasteiger partial charge in [0.1, 0.15) is 0 Å². The van der Waals surface area contributed by atoms with Gasteiger partial charge in [-0.05, 0) is 48.6 Å². The van der Waals surface area contributed by atoms with Crippen LogP contribution in [0.3, 0.4) is 0 Å². The fourth-order valence-electron chi connectivity index (χ4n) is 1.61. The normalized spacial score (nSPS) is 12.0. The minimum atomic E-state index is -0.0728. The molecule has 2 aromatic heterocycles. The predicted octanol–water partition coefficient (Wildman–Crippen LogP) is 3.88. The molecule has 0 radical (unpaired) electrons. The van der Waals surface area contributed by atoms with Gasteiger partial charge in [-0.3, -0.25) is 14.8 Å². The Morgan fingerprint density at radius 2 is 1.23 bits per heavy atom. The summed E-state index contributed by atoms with van der Waals surface area (Å²) in [6, 6.07) is 11.3. The molecule has 22 heavy (non-hydrogen) atoms. The van der Waals surface area contributed by atoms with Gasteiger partial charge < -0.3 is 0 Å². The van der Waals surface area contributed by atoms with Gasteiger partial charge in [0.15, 0.2) is 5.78 Å². The molecule has 0 fully saturated rings. The number of allylic oxidation sites excluding steroid dienone is 6. The van der Waals surface area contributed by atoms with E-state index in [1.165, 1.54) is 12.2 Å². The fourth-order valence-corrected chi connectivity index (χ4v) is 1.61. The number of rotatable bonds is 6. The molecule has 0 aromatic carbocycles. The van der Waals surface area contributed by atoms with Crippen LogP contribution in [0.4, 0.5) is 0 Å². The van der Waals surface area contributed by atoms with E-state index in [0.717, 1.165) is 11.4 Å². The second-order valence-electron chi connectivity index (χ2n) is 4.35. The van der Waals surface area contributed by atoms with Crippen molar-refractivity contribution in [2.24, 2.45) is 0 Å². The summed E-state index contributed by atoms with van der Waals surface area (Å²) >= 11 is 0. The van der Waals surface area contributed by atoms with Gasteiger partial charge in [0.05, 0.1) is 11.4 Å². The Morgan fingerprint density at radius 3 is 1.64 bits per heavy atom. The number of carbonyl (C=O) groups excluding carboxylic acids is 1. The monoisotopic (exact) mass is 288 g/mol. The first-order valence-corrected chi connectivity index (χ1v) is 6.90. The van der Waals surface area contributed by atoms with E-state index >= 15 is 0 Å². The Bertz CT molecular complexity index is 637. The molecular formula is C19H16N2O. The zero-order valence-corrected chi connectivity index (χ0v) is 12.0. The second kappa shape index (κ2) is 8.97. The predicted molar refractivity (Wildman–Crippen MR) is 89.8 cm³/mol. The zero-order valence-electron chi connectivity index (χ0n) is 12.0. The molecule has 0 unspecified atom stereocenters. The highest BCUT2D eigenvalue weighted by molar-refractivity contribution is 5.99. The van der Waals surface area contributed by atoms with E-state index in [-0.39, 0.29) is 5.78 Å². The Balaban J connectivity index is 1.80. The molecule has 0 aliphatic rings. The molecule has 0 atom stereocenters. The quantitative estimate of drug-likeness (QED) is 0.598. The van der Waals surface area contributed by atoms with Crippen molar-refractivity contribution >= 4 is 17.9 Å². The number of hydrogen-bond donors (Lipinski definition) is 0. The first-order valence-electron chi connectivity index (χ1n) is 6.90. The van der Waals surface area contributed by atoms with Gasteiger partial charge in [0.2, 0.25) is 0 Å². The lowest BCUT2D eigenvalue weighted by Gasteiger charge is -1.88. The molecule has 0 aliphatic carbocycles. The Kier molecular flexibility index (Phi) is 6.25. The maximum atomic E-state index is 11.6. The zero-order chi connectivity index (χ0) is 15.5. The summed E-state index contributed by atoms with van der Waals surface area (Å²) < 4.78 is 0. The fraction of sp³-hybridized carbons (Fsp3) is 0. The lowest BCUT2D eigenvalue weighted by Crippen LogP contribution is -1.83. The average molecular weight is 288 g/mol. The van der Waals surface area contributed by atoms with E-state index in [0.29, 0.717) is 0 Å². The van der Waals surface area contributed by atoms with E-state index in [9.17, 15) is 4.79 Å². The average Bonchev–Trinajstić information content (AvgIpc) is 2.57. The molecule has 0 N–H and O–H groups in total. The SMILES string of the molecule is O=C(/C=C/C=C/c1ccccn1)/C=C/C=C/c1ccccn1. The minimum Gasteiger partial charge on any atom is -0.290 e. The van der Waals surface area contributed by atoms with Crippen LogP contribution in [0.1, 0.15) is 11.4 Å². The van der Waals surface area contributed by atoms with E-state index < -0.39 is 0 Å². The summed E-state index contributed by atoms with van der Waals surface area (Å²) in [6.07, 6.45) is 17.1. The lowest BCUT2D eigenvalue weighted by atomic mass is 10.2. The highest BCUT2D eigenvalue weighted by Crippen LogP contribution is 1.97. The first-order chi connectivity index (χ1) is 10.8. The molecule has 0 aliphatic heterocycles. The largest absolute Gasteiger partial charge is 0.290 e. The molecule has 0 saturated carbocycles. The standard InChI is InChI=1S/C19H16N2O/c22-19(13-3-1-9-17-11-5-7-15-20-17)14-4-2-10-18-12-6-8-16-21-18/h1-16H/b9-1+,10-2+,13-3+,14-4+. The third kappa shape index (κ3) is 5.92. The molecule has 3 nitrogen and oxygen atoms in total. The Hall–Kier alpha value is -3.07.